The second-order valence-electron chi connectivity index (χ2n) is 7.76. The number of carbonyl (C=O) groups is 4. The predicted octanol–water partition coefficient (Wildman–Crippen LogP) is 2.70. The number of amides is 3. The Bertz CT molecular complexity index is 1120. The normalized spacial score (nSPS) is 14.9. The Morgan fingerprint density at radius 2 is 1.77 bits per heavy atom. The van der Waals surface area contributed by atoms with E-state index in [2.05, 4.69) is 26.7 Å². The zero-order valence-corrected chi connectivity index (χ0v) is 21.1. The van der Waals surface area contributed by atoms with Crippen LogP contribution < -0.4 is 20.2 Å². The molecule has 0 radical (unpaired) electrons. The second kappa shape index (κ2) is 11.7. The van der Waals surface area contributed by atoms with Crippen molar-refractivity contribution in [3.8, 4) is 11.5 Å². The Labute approximate surface area is 211 Å². The standard InChI is InChI=1S/C24H26BrN3O7/c1-4-14-7-17(25)5-6-20(14)26-21(29)13-35-24(32)16-10-22(30)28(12-16)27-23(31)15-8-18(33-2)11-19(9-15)34-3/h5-9,11,16H,4,10,12-13H2,1-3H3,(H,26,29)(H,27,31)/t16-/m1/s1. The van der Waals surface area contributed by atoms with Crippen LogP contribution in [0, 0.1) is 5.92 Å². The highest BCUT2D eigenvalue weighted by molar-refractivity contribution is 9.10. The van der Waals surface area contributed by atoms with E-state index in [-0.39, 0.29) is 18.5 Å². The van der Waals surface area contributed by atoms with E-state index in [0.29, 0.717) is 23.6 Å². The molecule has 0 aromatic heterocycles. The molecule has 1 aliphatic heterocycles. The average Bonchev–Trinajstić information content (AvgIpc) is 3.23. The first-order valence-electron chi connectivity index (χ1n) is 10.8. The molecule has 0 saturated carbocycles. The molecule has 11 heteroatoms. The molecule has 1 heterocycles. The van der Waals surface area contributed by atoms with Crippen molar-refractivity contribution in [1.82, 2.24) is 10.4 Å². The van der Waals surface area contributed by atoms with E-state index in [1.807, 2.05) is 13.0 Å². The minimum absolute atomic E-state index is 0.0706. The third-order valence-corrected chi connectivity index (χ3v) is 5.87. The van der Waals surface area contributed by atoms with Gasteiger partial charge in [-0.3, -0.25) is 29.6 Å². The number of nitrogens with zero attached hydrogens (tertiary/aromatic N) is 1. The van der Waals surface area contributed by atoms with Crippen LogP contribution in [0.15, 0.2) is 40.9 Å². The number of carbonyl (C=O) groups excluding carboxylic acids is 4. The van der Waals surface area contributed by atoms with Crippen LogP contribution in [-0.2, 0) is 25.5 Å². The number of halogens is 1. The van der Waals surface area contributed by atoms with Crippen LogP contribution >= 0.6 is 15.9 Å². The SMILES string of the molecule is CCc1cc(Br)ccc1NC(=O)COC(=O)[C@@H]1CC(=O)N(NC(=O)c2cc(OC)cc(OC)c2)C1. The van der Waals surface area contributed by atoms with E-state index in [0.717, 1.165) is 15.0 Å². The lowest BCUT2D eigenvalue weighted by molar-refractivity contribution is -0.151. The number of ether oxygens (including phenoxy) is 3. The molecule has 0 unspecified atom stereocenters. The number of nitrogens with one attached hydrogen (secondary N) is 2. The highest BCUT2D eigenvalue weighted by Gasteiger charge is 2.37. The largest absolute Gasteiger partial charge is 0.497 e. The van der Waals surface area contributed by atoms with Gasteiger partial charge in [0.1, 0.15) is 11.5 Å². The van der Waals surface area contributed by atoms with E-state index in [9.17, 15) is 19.2 Å². The lowest BCUT2D eigenvalue weighted by atomic mass is 10.1. The van der Waals surface area contributed by atoms with E-state index < -0.39 is 36.2 Å². The molecule has 3 amide bonds. The summed E-state index contributed by atoms with van der Waals surface area (Å²) >= 11 is 3.39. The molecule has 1 saturated heterocycles. The molecule has 2 aromatic carbocycles. The van der Waals surface area contributed by atoms with Crippen LogP contribution in [0.1, 0.15) is 29.3 Å². The zero-order valence-electron chi connectivity index (χ0n) is 19.6. The first kappa shape index (κ1) is 26.0. The van der Waals surface area contributed by atoms with Crippen molar-refractivity contribution < 1.29 is 33.4 Å². The van der Waals surface area contributed by atoms with Crippen molar-refractivity contribution in [3.63, 3.8) is 0 Å². The Balaban J connectivity index is 1.53. The first-order valence-corrected chi connectivity index (χ1v) is 11.6. The van der Waals surface area contributed by atoms with Crippen LogP contribution in [0.5, 0.6) is 11.5 Å². The molecule has 3 rings (SSSR count). The molecule has 2 aromatic rings. The molecule has 35 heavy (non-hydrogen) atoms. The molecule has 1 atom stereocenters. The van der Waals surface area contributed by atoms with Crippen LogP contribution in [0.3, 0.4) is 0 Å². The Hall–Kier alpha value is -3.60. The van der Waals surface area contributed by atoms with Crippen molar-refractivity contribution in [1.29, 1.82) is 0 Å². The molecule has 0 aliphatic carbocycles. The summed E-state index contributed by atoms with van der Waals surface area (Å²) in [6, 6.07) is 10.1. The Kier molecular flexibility index (Phi) is 8.69. The second-order valence-corrected chi connectivity index (χ2v) is 8.67. The summed E-state index contributed by atoms with van der Waals surface area (Å²) in [4.78, 5) is 49.7. The van der Waals surface area contributed by atoms with Gasteiger partial charge >= 0.3 is 5.97 Å². The Morgan fingerprint density at radius 3 is 2.40 bits per heavy atom. The maximum absolute atomic E-state index is 12.6. The molecule has 0 spiro atoms. The van der Waals surface area contributed by atoms with Gasteiger partial charge in [0.2, 0.25) is 5.91 Å². The molecule has 2 N–H and O–H groups in total. The van der Waals surface area contributed by atoms with E-state index in [1.54, 1.807) is 18.2 Å². The van der Waals surface area contributed by atoms with Gasteiger partial charge in [-0.25, -0.2) is 0 Å². The van der Waals surface area contributed by atoms with Crippen LogP contribution in [0.25, 0.3) is 0 Å². The molecule has 1 fully saturated rings. The number of esters is 1. The van der Waals surface area contributed by atoms with Crippen LogP contribution in [-0.4, -0.2) is 56.1 Å². The maximum atomic E-state index is 12.6. The van der Waals surface area contributed by atoms with Gasteiger partial charge in [0.15, 0.2) is 6.61 Å². The number of methoxy groups -OCH3 is 2. The minimum atomic E-state index is -0.811. The van der Waals surface area contributed by atoms with Crippen molar-refractivity contribution >= 4 is 45.3 Å². The highest BCUT2D eigenvalue weighted by Crippen LogP contribution is 2.24. The fourth-order valence-corrected chi connectivity index (χ4v) is 3.93. The molecular formula is C24H26BrN3O7. The number of benzene rings is 2. The van der Waals surface area contributed by atoms with E-state index in [1.165, 1.54) is 26.4 Å². The van der Waals surface area contributed by atoms with Gasteiger partial charge in [-0.2, -0.15) is 0 Å². The van der Waals surface area contributed by atoms with Gasteiger partial charge in [-0.15, -0.1) is 0 Å². The average molecular weight is 548 g/mol. The lowest BCUT2D eigenvalue weighted by Gasteiger charge is -2.18. The zero-order chi connectivity index (χ0) is 25.5. The summed E-state index contributed by atoms with van der Waals surface area (Å²) in [5, 5.41) is 3.79. The monoisotopic (exact) mass is 547 g/mol. The lowest BCUT2D eigenvalue weighted by Crippen LogP contribution is -2.43. The molecule has 186 valence electrons. The maximum Gasteiger partial charge on any atom is 0.311 e. The fraction of sp³-hybridized carbons (Fsp3) is 0.333. The van der Waals surface area contributed by atoms with Gasteiger partial charge in [-0.05, 0) is 42.3 Å². The van der Waals surface area contributed by atoms with Crippen molar-refractivity contribution in [2.24, 2.45) is 5.92 Å². The Morgan fingerprint density at radius 1 is 1.09 bits per heavy atom. The quantitative estimate of drug-likeness (QED) is 0.462. The molecule has 10 nitrogen and oxygen atoms in total. The summed E-state index contributed by atoms with van der Waals surface area (Å²) < 4.78 is 16.3. The molecular weight excluding hydrogens is 522 g/mol. The number of aryl methyl sites for hydroxylation is 1. The van der Waals surface area contributed by atoms with Crippen molar-refractivity contribution in [2.75, 3.05) is 32.7 Å². The topological polar surface area (TPSA) is 123 Å². The van der Waals surface area contributed by atoms with E-state index >= 15 is 0 Å². The minimum Gasteiger partial charge on any atom is -0.497 e. The third-order valence-electron chi connectivity index (χ3n) is 5.38. The van der Waals surface area contributed by atoms with Crippen LogP contribution in [0.4, 0.5) is 5.69 Å². The number of hydrazine groups is 1. The van der Waals surface area contributed by atoms with Gasteiger partial charge in [0.05, 0.1) is 26.7 Å². The highest BCUT2D eigenvalue weighted by atomic mass is 79.9. The van der Waals surface area contributed by atoms with Crippen molar-refractivity contribution in [3.05, 3.63) is 52.0 Å². The fourth-order valence-electron chi connectivity index (χ4n) is 3.52. The summed E-state index contributed by atoms with van der Waals surface area (Å²) in [6.07, 6.45) is 0.567. The predicted molar refractivity (Wildman–Crippen MR) is 130 cm³/mol. The summed E-state index contributed by atoms with van der Waals surface area (Å²) in [7, 11) is 2.91. The summed E-state index contributed by atoms with van der Waals surface area (Å²) in [6.45, 7) is 1.40. The van der Waals surface area contributed by atoms with Crippen LogP contribution in [0.2, 0.25) is 0 Å². The van der Waals surface area contributed by atoms with E-state index in [4.69, 9.17) is 14.2 Å². The van der Waals surface area contributed by atoms with Gasteiger partial charge in [0.25, 0.3) is 11.8 Å². The van der Waals surface area contributed by atoms with Crippen molar-refractivity contribution in [2.45, 2.75) is 19.8 Å². The summed E-state index contributed by atoms with van der Waals surface area (Å²) in [5.74, 6) is -2.18. The molecule has 0 bridgehead atoms. The number of rotatable bonds is 9. The number of hydrogen-bond acceptors (Lipinski definition) is 7. The third kappa shape index (κ3) is 6.72. The van der Waals surface area contributed by atoms with Gasteiger partial charge in [0, 0.05) is 28.2 Å². The first-order chi connectivity index (χ1) is 16.7. The van der Waals surface area contributed by atoms with Gasteiger partial charge in [-0.1, -0.05) is 22.9 Å². The molecule has 1 aliphatic rings. The smallest absolute Gasteiger partial charge is 0.311 e. The number of hydrogen-bond donors (Lipinski definition) is 2. The number of anilines is 1. The van der Waals surface area contributed by atoms with Gasteiger partial charge < -0.3 is 19.5 Å². The summed E-state index contributed by atoms with van der Waals surface area (Å²) in [5.41, 5.74) is 4.27.